The van der Waals surface area contributed by atoms with E-state index >= 15 is 0 Å². The summed E-state index contributed by atoms with van der Waals surface area (Å²) >= 11 is 36.0. The van der Waals surface area contributed by atoms with Gasteiger partial charge in [-0.05, 0) is 273 Å². The van der Waals surface area contributed by atoms with Crippen molar-refractivity contribution in [3.63, 3.8) is 0 Å². The van der Waals surface area contributed by atoms with E-state index < -0.39 is 0 Å². The summed E-state index contributed by atoms with van der Waals surface area (Å²) in [7, 11) is 0. The van der Waals surface area contributed by atoms with Crippen LogP contribution in [0.5, 0.6) is 46.0 Å². The number of fused-ring (bicyclic) bond motifs is 20. The average molecular weight is 1460 g/mol. The van der Waals surface area contributed by atoms with Crippen LogP contribution in [0.4, 0.5) is 0 Å². The van der Waals surface area contributed by atoms with Crippen molar-refractivity contribution in [1.82, 2.24) is 19.9 Å². The lowest BCUT2D eigenvalue weighted by atomic mass is 10.0. The SMILES string of the molecule is SCCCCCOc1cc2c(cc1OCCCCCS)-c1cc3[nH]c(cc4nc(cc5[nH]c(cc-2n1)c1cc(OCCCCCS)c(OCCCCCS)cc51)-c1cc(OCCCCCS)c(OCCCCCS)cc1-4)c1cc(OCCCCCS)c(OCCCCCS)cc31. The normalized spacial score (nSPS) is 11.8. The largest absolute Gasteiger partial charge is 0.490 e. The van der Waals surface area contributed by atoms with Gasteiger partial charge in [-0.15, -0.1) is 0 Å². The summed E-state index contributed by atoms with van der Waals surface area (Å²) in [6.45, 7) is 4.30. The van der Waals surface area contributed by atoms with Crippen molar-refractivity contribution in [2.24, 2.45) is 0 Å². The van der Waals surface area contributed by atoms with E-state index in [-0.39, 0.29) is 0 Å². The maximum absolute atomic E-state index is 6.76. The maximum Gasteiger partial charge on any atom is 0.161 e. The molecular weight excluding hydrogens is 1350 g/mol. The zero-order chi connectivity index (χ0) is 67.1. The van der Waals surface area contributed by atoms with Gasteiger partial charge in [0.05, 0.1) is 75.6 Å². The molecule has 9 rings (SSSR count). The minimum Gasteiger partial charge on any atom is -0.490 e. The Bertz CT molecular complexity index is 3250. The lowest BCUT2D eigenvalue weighted by Gasteiger charge is -2.15. The van der Waals surface area contributed by atoms with Crippen molar-refractivity contribution in [3.8, 4) is 91.0 Å². The number of ether oxygens (including phenoxy) is 8. The van der Waals surface area contributed by atoms with Gasteiger partial charge < -0.3 is 47.9 Å². The summed E-state index contributed by atoms with van der Waals surface area (Å²) in [5.74, 6) is 12.2. The third-order valence-electron chi connectivity index (χ3n) is 17.2. The van der Waals surface area contributed by atoms with Crippen LogP contribution in [0.2, 0.25) is 0 Å². The van der Waals surface area contributed by atoms with E-state index in [1.807, 2.05) is 0 Å². The van der Waals surface area contributed by atoms with Crippen LogP contribution in [0.15, 0.2) is 72.8 Å². The number of thiol groups is 8. The topological polar surface area (TPSA) is 131 Å². The van der Waals surface area contributed by atoms with E-state index in [0.717, 1.165) is 289 Å². The first-order chi connectivity index (χ1) is 47.3. The van der Waals surface area contributed by atoms with Crippen LogP contribution >= 0.6 is 101 Å². The highest BCUT2D eigenvalue weighted by Crippen LogP contribution is 2.48. The van der Waals surface area contributed by atoms with Crippen LogP contribution in [0, 0.1) is 0 Å². The van der Waals surface area contributed by atoms with Gasteiger partial charge in [-0.2, -0.15) is 101 Å². The number of hydrogen-bond donors (Lipinski definition) is 10. The first kappa shape index (κ1) is 75.9. The van der Waals surface area contributed by atoms with Crippen LogP contribution in [0.25, 0.3) is 88.6 Å². The molecule has 522 valence electrons. The van der Waals surface area contributed by atoms with Crippen LogP contribution < -0.4 is 37.9 Å². The van der Waals surface area contributed by atoms with E-state index in [4.69, 9.17) is 47.9 Å². The molecule has 96 heavy (non-hydrogen) atoms. The van der Waals surface area contributed by atoms with Crippen molar-refractivity contribution in [3.05, 3.63) is 72.8 Å². The molecule has 12 nitrogen and oxygen atoms in total. The second-order valence-electron chi connectivity index (χ2n) is 24.7. The molecule has 2 N–H and O–H groups in total. The summed E-state index contributed by atoms with van der Waals surface area (Å²) in [4.78, 5) is 19.2. The predicted molar refractivity (Wildman–Crippen MR) is 430 cm³/mol. The van der Waals surface area contributed by atoms with Crippen LogP contribution in [0.3, 0.4) is 0 Å². The molecule has 20 heteroatoms. The van der Waals surface area contributed by atoms with Gasteiger partial charge in [-0.1, -0.05) is 0 Å². The van der Waals surface area contributed by atoms with Gasteiger partial charge in [0.15, 0.2) is 46.0 Å². The number of rotatable bonds is 48. The van der Waals surface area contributed by atoms with E-state index in [1.54, 1.807) is 0 Å². The minimum absolute atomic E-state index is 0.536. The molecule has 8 bridgehead atoms. The fourth-order valence-corrected chi connectivity index (χ4v) is 13.8. The fourth-order valence-electron chi connectivity index (χ4n) is 12.0. The maximum atomic E-state index is 6.76. The molecule has 0 unspecified atom stereocenters. The summed E-state index contributed by atoms with van der Waals surface area (Å²) in [6.07, 6.45) is 23.4. The number of nitrogens with zero attached hydrogens (tertiary/aromatic N) is 2. The number of aromatic amines is 2. The Hall–Kier alpha value is -4.28. The summed E-state index contributed by atoms with van der Waals surface area (Å²) < 4.78 is 54.1. The molecule has 0 atom stereocenters. The number of hydrogen-bond acceptors (Lipinski definition) is 18. The Morgan fingerprint density at radius 3 is 0.542 bits per heavy atom. The van der Waals surface area contributed by atoms with Gasteiger partial charge in [0.2, 0.25) is 0 Å². The van der Waals surface area contributed by atoms with Gasteiger partial charge in [-0.25, -0.2) is 9.97 Å². The molecule has 4 aromatic carbocycles. The summed E-state index contributed by atoms with van der Waals surface area (Å²) in [6, 6.07) is 25.8. The Morgan fingerprint density at radius 1 is 0.208 bits per heavy atom. The Balaban J connectivity index is 1.36. The quantitative estimate of drug-likeness (QED) is 0.0133. The first-order valence-corrected chi connectivity index (χ1v) is 40.4. The van der Waals surface area contributed by atoms with Crippen molar-refractivity contribution < 1.29 is 37.9 Å². The molecule has 0 spiro atoms. The molecule has 7 aromatic rings. The minimum atomic E-state index is 0.536. The van der Waals surface area contributed by atoms with Gasteiger partial charge in [0, 0.05) is 65.9 Å². The molecule has 5 heterocycles. The van der Waals surface area contributed by atoms with E-state index in [2.05, 4.69) is 184 Å². The monoisotopic (exact) mass is 1450 g/mol. The van der Waals surface area contributed by atoms with Gasteiger partial charge in [0.1, 0.15) is 0 Å². The van der Waals surface area contributed by atoms with Gasteiger partial charge in [0.25, 0.3) is 0 Å². The zero-order valence-corrected chi connectivity index (χ0v) is 63.1. The number of nitrogens with one attached hydrogen (secondary N) is 2. The van der Waals surface area contributed by atoms with Gasteiger partial charge in [-0.3, -0.25) is 0 Å². The highest BCUT2D eigenvalue weighted by atomic mass is 32.1. The number of H-pyrrole nitrogens is 2. The average Bonchev–Trinajstić information content (AvgIpc) is 1.60. The smallest absolute Gasteiger partial charge is 0.161 e. The molecule has 3 aromatic heterocycles. The molecule has 0 radical (unpaired) electrons. The standard InChI is InChI=1S/C76H102N4O8S8/c89-33-17-1-9-25-81-69-41-53-54(42-70(69)82-26-10-2-18-34-90)62-50-64-57-45-73(85-29-13-5-21-37-93)74(86-30-14-6-22-38-94)46-58(57)66(79-64)52-68-60-48-76(88-32-16-8-24-40-96)75(87-31-15-7-23-39-95)47-59(60)67(80-68)51-65-56-44-72(84-28-12-4-20-36-92)71(83-27-11-3-19-35-91)43-55(56)63(78-65)49-61(53)77-62/h41-52,77,80,89-96H,1-40H2. The second kappa shape index (κ2) is 42.1. The Labute approximate surface area is 614 Å². The van der Waals surface area contributed by atoms with Gasteiger partial charge >= 0.3 is 0 Å². The second-order valence-corrected chi connectivity index (χ2v) is 28.3. The van der Waals surface area contributed by atoms with Crippen molar-refractivity contribution >= 4 is 145 Å². The first-order valence-electron chi connectivity index (χ1n) is 35.3. The highest BCUT2D eigenvalue weighted by molar-refractivity contribution is 7.81. The van der Waals surface area contributed by atoms with Crippen LogP contribution in [-0.2, 0) is 0 Å². The number of aromatic nitrogens is 4. The summed E-state index contributed by atoms with van der Waals surface area (Å²) in [5.41, 5.74) is 10.1. The lowest BCUT2D eigenvalue weighted by Crippen LogP contribution is -2.03. The van der Waals surface area contributed by atoms with Crippen LogP contribution in [0.1, 0.15) is 154 Å². The number of unbranched alkanes of at least 4 members (excludes halogenated alkanes) is 16. The molecule has 2 aliphatic rings. The molecule has 0 fully saturated rings. The molecular formula is C76H102N4O8S8. The highest BCUT2D eigenvalue weighted by Gasteiger charge is 2.26. The molecule has 2 aliphatic heterocycles. The van der Waals surface area contributed by atoms with Crippen molar-refractivity contribution in [1.29, 1.82) is 0 Å². The summed E-state index contributed by atoms with van der Waals surface area (Å²) in [5, 5.41) is 3.78. The third-order valence-corrected chi connectivity index (χ3v) is 19.8. The zero-order valence-electron chi connectivity index (χ0n) is 56.0. The van der Waals surface area contributed by atoms with E-state index in [9.17, 15) is 0 Å². The van der Waals surface area contributed by atoms with Crippen molar-refractivity contribution in [2.45, 2.75) is 154 Å². The molecule has 0 saturated heterocycles. The molecule has 0 saturated carbocycles. The van der Waals surface area contributed by atoms with E-state index in [0.29, 0.717) is 98.9 Å². The fraction of sp³-hybridized carbons (Fsp3) is 0.526. The third kappa shape index (κ3) is 21.9. The number of benzene rings is 4. The lowest BCUT2D eigenvalue weighted by molar-refractivity contribution is 0.260. The van der Waals surface area contributed by atoms with Crippen LogP contribution in [-0.4, -0.2) is 119 Å². The molecule has 0 amide bonds. The van der Waals surface area contributed by atoms with Crippen molar-refractivity contribution in [2.75, 3.05) is 98.9 Å². The predicted octanol–water partition coefficient (Wildman–Crippen LogP) is 21.1. The van der Waals surface area contributed by atoms with E-state index in [1.165, 1.54) is 0 Å². The Kier molecular flexibility index (Phi) is 33.3. The Morgan fingerprint density at radius 2 is 0.375 bits per heavy atom. The molecule has 0 aliphatic carbocycles.